The third-order valence-electron chi connectivity index (χ3n) is 11.2. The van der Waals surface area contributed by atoms with Crippen molar-refractivity contribution in [2.45, 2.75) is 117 Å². The lowest BCUT2D eigenvalue weighted by Crippen LogP contribution is -2.62. The van der Waals surface area contributed by atoms with Crippen LogP contribution in [-0.4, -0.2) is 58.0 Å². The van der Waals surface area contributed by atoms with Gasteiger partial charge in [-0.05, 0) is 98.7 Å². The van der Waals surface area contributed by atoms with E-state index >= 15 is 0 Å². The lowest BCUT2D eigenvalue weighted by atomic mass is 9.43. The maximum atomic E-state index is 12.4. The third-order valence-corrected chi connectivity index (χ3v) is 11.2. The van der Waals surface area contributed by atoms with Gasteiger partial charge < -0.3 is 20.6 Å². The average molecular weight is 507 g/mol. The maximum Gasteiger partial charge on any atom is 0.220 e. The molecule has 0 aliphatic heterocycles. The molecule has 1 unspecified atom stereocenters. The van der Waals surface area contributed by atoms with Gasteiger partial charge >= 0.3 is 0 Å². The number of carbonyl (C=O) groups excluding carboxylic acids is 2. The van der Waals surface area contributed by atoms with Crippen molar-refractivity contribution < 1.29 is 24.9 Å². The summed E-state index contributed by atoms with van der Waals surface area (Å²) in [5.41, 5.74) is -0.236. The minimum Gasteiger partial charge on any atom is -0.393 e. The lowest BCUT2D eigenvalue weighted by Gasteiger charge is -2.63. The quantitative estimate of drug-likeness (QED) is 0.323. The number of fused-ring (bicyclic) bond motifs is 5. The van der Waals surface area contributed by atoms with Crippen LogP contribution in [0.15, 0.2) is 0 Å². The minimum absolute atomic E-state index is 0.0247. The molecule has 206 valence electrons. The van der Waals surface area contributed by atoms with E-state index in [9.17, 15) is 24.9 Å². The van der Waals surface area contributed by atoms with Gasteiger partial charge in [0.1, 0.15) is 12.0 Å². The number of Topliss-reactive ketones (excluding diaryl/α,β-unsaturated/α-hetero) is 1. The Morgan fingerprint density at radius 3 is 2.53 bits per heavy atom. The molecular formula is C29H50N2O5. The van der Waals surface area contributed by atoms with Crippen LogP contribution in [0.2, 0.25) is 0 Å². The van der Waals surface area contributed by atoms with Crippen LogP contribution in [0.1, 0.15) is 92.4 Å². The highest BCUT2D eigenvalue weighted by molar-refractivity contribution is 5.79. The van der Waals surface area contributed by atoms with Crippen molar-refractivity contribution in [1.82, 2.24) is 10.6 Å². The van der Waals surface area contributed by atoms with Crippen LogP contribution < -0.4 is 10.6 Å². The van der Waals surface area contributed by atoms with Crippen molar-refractivity contribution in [3.8, 4) is 0 Å². The van der Waals surface area contributed by atoms with Gasteiger partial charge in [0, 0.05) is 25.3 Å². The van der Waals surface area contributed by atoms with E-state index in [1.165, 1.54) is 0 Å². The van der Waals surface area contributed by atoms with E-state index in [4.69, 9.17) is 0 Å². The van der Waals surface area contributed by atoms with Crippen molar-refractivity contribution in [3.05, 3.63) is 0 Å². The van der Waals surface area contributed by atoms with E-state index in [0.717, 1.165) is 25.7 Å². The van der Waals surface area contributed by atoms with Gasteiger partial charge in [-0.2, -0.15) is 0 Å². The van der Waals surface area contributed by atoms with Gasteiger partial charge in [0.25, 0.3) is 0 Å². The number of amides is 1. The monoisotopic (exact) mass is 506 g/mol. The zero-order chi connectivity index (χ0) is 26.4. The van der Waals surface area contributed by atoms with Crippen LogP contribution in [0.25, 0.3) is 0 Å². The molecule has 4 rings (SSSR count). The molecular weight excluding hydrogens is 456 g/mol. The molecule has 7 heteroatoms. The molecule has 4 fully saturated rings. The van der Waals surface area contributed by atoms with E-state index in [1.54, 1.807) is 0 Å². The van der Waals surface area contributed by atoms with Crippen molar-refractivity contribution in [2.24, 2.45) is 46.3 Å². The third kappa shape index (κ3) is 5.02. The van der Waals surface area contributed by atoms with Crippen molar-refractivity contribution in [1.29, 1.82) is 0 Å². The molecule has 0 aromatic rings. The van der Waals surface area contributed by atoms with Crippen LogP contribution in [0.5, 0.6) is 0 Å². The second-order valence-electron chi connectivity index (χ2n) is 13.5. The number of aliphatic hydroxyl groups excluding tert-OH is 3. The summed E-state index contributed by atoms with van der Waals surface area (Å²) in [6.07, 6.45) is 5.14. The Balaban J connectivity index is 1.41. The molecule has 4 saturated carbocycles. The Kier molecular flexibility index (Phi) is 8.26. The van der Waals surface area contributed by atoms with E-state index in [-0.39, 0.29) is 58.9 Å². The molecule has 11 atom stereocenters. The molecule has 5 N–H and O–H groups in total. The molecule has 4 aliphatic rings. The Hall–Kier alpha value is -1.02. The van der Waals surface area contributed by atoms with Crippen LogP contribution in [0.4, 0.5) is 0 Å². The first kappa shape index (κ1) is 28.0. The summed E-state index contributed by atoms with van der Waals surface area (Å²) in [4.78, 5) is 24.6. The first-order valence-corrected chi connectivity index (χ1v) is 14.5. The number of ketones is 1. The largest absolute Gasteiger partial charge is 0.393 e. The van der Waals surface area contributed by atoms with Crippen molar-refractivity contribution >= 4 is 11.7 Å². The molecule has 0 aromatic carbocycles. The van der Waals surface area contributed by atoms with E-state index < -0.39 is 18.4 Å². The summed E-state index contributed by atoms with van der Waals surface area (Å²) >= 11 is 0. The fraction of sp³-hybridized carbons (Fsp3) is 0.931. The molecule has 0 aromatic heterocycles. The number of rotatable bonds is 8. The molecule has 1 amide bonds. The van der Waals surface area contributed by atoms with Crippen LogP contribution in [0, 0.1) is 46.3 Å². The highest BCUT2D eigenvalue weighted by Crippen LogP contribution is 2.68. The van der Waals surface area contributed by atoms with E-state index in [2.05, 4.69) is 31.4 Å². The second-order valence-corrected chi connectivity index (χ2v) is 13.5. The Labute approximate surface area is 217 Å². The second kappa shape index (κ2) is 10.6. The zero-order valence-corrected chi connectivity index (χ0v) is 23.0. The number of hydrogen-bond acceptors (Lipinski definition) is 6. The molecule has 0 heterocycles. The van der Waals surface area contributed by atoms with Gasteiger partial charge in [-0.3, -0.25) is 14.9 Å². The van der Waals surface area contributed by atoms with Gasteiger partial charge in [0.05, 0.1) is 18.8 Å². The SMILES string of the molecule is CC(C)NC(O)CNC(=O)CC[C@H](C)[C@@H]1CC[C@@H]2[C@@H]3[C@@H](C[C@@H](O)[C@]21C)[C@]1(C)CCC(=O)C[C@@H]1C[C@@H]3O. The number of nitrogens with one attached hydrogen (secondary N) is 2. The zero-order valence-electron chi connectivity index (χ0n) is 23.0. The summed E-state index contributed by atoms with van der Waals surface area (Å²) in [6.45, 7) is 10.9. The van der Waals surface area contributed by atoms with Crippen LogP contribution >= 0.6 is 0 Å². The summed E-state index contributed by atoms with van der Waals surface area (Å²) in [5.74, 6) is 1.82. The maximum absolute atomic E-state index is 12.4. The molecule has 4 aliphatic carbocycles. The highest BCUT2D eigenvalue weighted by Gasteiger charge is 2.65. The predicted octanol–water partition coefficient (Wildman–Crippen LogP) is 3.00. The fourth-order valence-corrected chi connectivity index (χ4v) is 9.25. The highest BCUT2D eigenvalue weighted by atomic mass is 16.3. The van der Waals surface area contributed by atoms with E-state index in [1.807, 2.05) is 13.8 Å². The van der Waals surface area contributed by atoms with E-state index in [0.29, 0.717) is 43.8 Å². The molecule has 36 heavy (non-hydrogen) atoms. The summed E-state index contributed by atoms with van der Waals surface area (Å²) in [6, 6.07) is 0.145. The predicted molar refractivity (Wildman–Crippen MR) is 139 cm³/mol. The Morgan fingerprint density at radius 1 is 1.11 bits per heavy atom. The Bertz CT molecular complexity index is 819. The number of hydrogen-bond donors (Lipinski definition) is 5. The van der Waals surface area contributed by atoms with Crippen molar-refractivity contribution in [3.63, 3.8) is 0 Å². The van der Waals surface area contributed by atoms with Gasteiger partial charge in [0.15, 0.2) is 0 Å². The summed E-state index contributed by atoms with van der Waals surface area (Å²) in [5, 5.41) is 38.8. The number of aliphatic hydroxyl groups is 3. The summed E-state index contributed by atoms with van der Waals surface area (Å²) in [7, 11) is 0. The van der Waals surface area contributed by atoms with Gasteiger partial charge in [-0.1, -0.05) is 20.8 Å². The van der Waals surface area contributed by atoms with Crippen molar-refractivity contribution in [2.75, 3.05) is 6.54 Å². The Morgan fingerprint density at radius 2 is 1.83 bits per heavy atom. The number of carbonyl (C=O) groups is 2. The summed E-state index contributed by atoms with van der Waals surface area (Å²) < 4.78 is 0. The van der Waals surface area contributed by atoms with Crippen LogP contribution in [0.3, 0.4) is 0 Å². The van der Waals surface area contributed by atoms with Gasteiger partial charge in [0.2, 0.25) is 5.91 Å². The smallest absolute Gasteiger partial charge is 0.220 e. The normalized spacial score (nSPS) is 43.9. The molecule has 0 spiro atoms. The van der Waals surface area contributed by atoms with Gasteiger partial charge in [-0.25, -0.2) is 0 Å². The topological polar surface area (TPSA) is 119 Å². The first-order chi connectivity index (χ1) is 16.9. The first-order valence-electron chi connectivity index (χ1n) is 14.5. The fourth-order valence-electron chi connectivity index (χ4n) is 9.25. The molecule has 0 radical (unpaired) electrons. The molecule has 0 saturated heterocycles. The lowest BCUT2D eigenvalue weighted by molar-refractivity contribution is -0.201. The minimum atomic E-state index is -0.753. The van der Waals surface area contributed by atoms with Crippen LogP contribution in [-0.2, 0) is 9.59 Å². The standard InChI is InChI=1S/C29H50N2O5/c1-16(2)31-26(36)15-30-25(35)9-6-17(3)20-7-8-21-27-22(14-24(34)29(20,21)5)28(4)11-10-19(32)12-18(28)13-23(27)33/h16-18,20-24,26-27,31,33-34,36H,6-15H2,1-5H3,(H,30,35)/t17-,18+,20-,21+,22+,23-,24+,26?,27+,28+,29-/m0/s1. The molecule has 7 nitrogen and oxygen atoms in total. The molecule has 0 bridgehead atoms. The average Bonchev–Trinajstić information content (AvgIpc) is 3.16. The van der Waals surface area contributed by atoms with Gasteiger partial charge in [-0.15, -0.1) is 0 Å².